The van der Waals surface area contributed by atoms with Crippen molar-refractivity contribution >= 4 is 6.29 Å². The predicted molar refractivity (Wildman–Crippen MR) is 56.2 cm³/mol. The summed E-state index contributed by atoms with van der Waals surface area (Å²) in [7, 11) is 1.53. The molecule has 5 nitrogen and oxygen atoms in total. The van der Waals surface area contributed by atoms with E-state index in [4.69, 9.17) is 9.47 Å². The van der Waals surface area contributed by atoms with Crippen molar-refractivity contribution in [3.63, 3.8) is 0 Å². The summed E-state index contributed by atoms with van der Waals surface area (Å²) >= 11 is 0. The molecule has 1 saturated heterocycles. The second-order valence-electron chi connectivity index (χ2n) is 3.77. The Bertz CT molecular complexity index is 395. The van der Waals surface area contributed by atoms with Crippen molar-refractivity contribution in [2.24, 2.45) is 0 Å². The smallest absolute Gasteiger partial charge is 0.316 e. The third kappa shape index (κ3) is 2.04. The molecule has 5 heteroatoms. The fourth-order valence-electron chi connectivity index (χ4n) is 1.86. The molecule has 1 fully saturated rings. The molecule has 86 valence electrons. The summed E-state index contributed by atoms with van der Waals surface area (Å²) in [6.07, 6.45) is 3.80. The van der Waals surface area contributed by atoms with E-state index in [0.29, 0.717) is 6.01 Å². The van der Waals surface area contributed by atoms with Gasteiger partial charge in [0, 0.05) is 11.8 Å². The maximum Gasteiger partial charge on any atom is 0.316 e. The minimum Gasteiger partial charge on any atom is -0.467 e. The summed E-state index contributed by atoms with van der Waals surface area (Å²) in [6.45, 7) is 1.89. The van der Waals surface area contributed by atoms with Crippen LogP contribution in [-0.2, 0) is 9.53 Å². The van der Waals surface area contributed by atoms with Crippen molar-refractivity contribution in [1.29, 1.82) is 0 Å². The van der Waals surface area contributed by atoms with E-state index in [9.17, 15) is 4.79 Å². The van der Waals surface area contributed by atoms with E-state index in [1.165, 1.54) is 7.11 Å². The van der Waals surface area contributed by atoms with Crippen LogP contribution >= 0.6 is 0 Å². The molecule has 1 aromatic heterocycles. The Morgan fingerprint density at radius 1 is 1.56 bits per heavy atom. The molecular formula is C11H14N2O3. The Balaban J connectivity index is 2.18. The number of aromatic nitrogens is 2. The number of carbonyl (C=O) groups is 1. The van der Waals surface area contributed by atoms with E-state index >= 15 is 0 Å². The summed E-state index contributed by atoms with van der Waals surface area (Å²) in [6, 6.07) is 0.353. The van der Waals surface area contributed by atoms with Gasteiger partial charge in [0.25, 0.3) is 0 Å². The van der Waals surface area contributed by atoms with Crippen molar-refractivity contribution in [2.75, 3.05) is 7.11 Å². The second-order valence-corrected chi connectivity index (χ2v) is 3.77. The highest BCUT2D eigenvalue weighted by atomic mass is 16.5. The van der Waals surface area contributed by atoms with Gasteiger partial charge >= 0.3 is 6.01 Å². The lowest BCUT2D eigenvalue weighted by atomic mass is 10.1. The summed E-state index contributed by atoms with van der Waals surface area (Å²) in [5, 5.41) is 0. The molecule has 0 saturated carbocycles. The maximum absolute atomic E-state index is 10.6. The molecule has 0 spiro atoms. The minimum atomic E-state index is -0.286. The first-order valence-corrected chi connectivity index (χ1v) is 5.23. The highest BCUT2D eigenvalue weighted by Gasteiger charge is 2.27. The lowest BCUT2D eigenvalue weighted by molar-refractivity contribution is -0.117. The van der Waals surface area contributed by atoms with Crippen molar-refractivity contribution in [2.45, 2.75) is 32.0 Å². The number of hydrogen-bond acceptors (Lipinski definition) is 5. The zero-order chi connectivity index (χ0) is 11.5. The van der Waals surface area contributed by atoms with Crippen LogP contribution in [0, 0.1) is 6.92 Å². The van der Waals surface area contributed by atoms with Crippen LogP contribution in [0.25, 0.3) is 0 Å². The van der Waals surface area contributed by atoms with Gasteiger partial charge in [0.05, 0.1) is 18.9 Å². The first-order valence-electron chi connectivity index (χ1n) is 5.23. The quantitative estimate of drug-likeness (QED) is 0.719. The Labute approximate surface area is 93.8 Å². The average Bonchev–Trinajstić information content (AvgIpc) is 2.77. The van der Waals surface area contributed by atoms with Gasteiger partial charge in [-0.05, 0) is 19.8 Å². The Morgan fingerprint density at radius 2 is 2.38 bits per heavy atom. The van der Waals surface area contributed by atoms with Crippen LogP contribution in [0.5, 0.6) is 6.01 Å². The molecule has 0 aromatic carbocycles. The third-order valence-corrected chi connectivity index (χ3v) is 2.73. The van der Waals surface area contributed by atoms with Gasteiger partial charge in [0.2, 0.25) is 0 Å². The number of ether oxygens (including phenoxy) is 2. The van der Waals surface area contributed by atoms with Crippen LogP contribution in [0.3, 0.4) is 0 Å². The average molecular weight is 222 g/mol. The van der Waals surface area contributed by atoms with Crippen LogP contribution in [0.4, 0.5) is 0 Å². The molecule has 0 radical (unpaired) electrons. The molecular weight excluding hydrogens is 208 g/mol. The fraction of sp³-hybridized carbons (Fsp3) is 0.545. The van der Waals surface area contributed by atoms with Gasteiger partial charge in [0.1, 0.15) is 12.4 Å². The third-order valence-electron chi connectivity index (χ3n) is 2.73. The number of hydrogen-bond donors (Lipinski definition) is 0. The van der Waals surface area contributed by atoms with Gasteiger partial charge in [-0.15, -0.1) is 0 Å². The number of nitrogens with zero attached hydrogens (tertiary/aromatic N) is 2. The van der Waals surface area contributed by atoms with E-state index in [1.807, 2.05) is 6.92 Å². The maximum atomic E-state index is 10.6. The van der Waals surface area contributed by atoms with E-state index in [1.54, 1.807) is 6.20 Å². The SMILES string of the molecule is COc1ncc(C2CCC(C=O)O2)c(C)n1. The van der Waals surface area contributed by atoms with Gasteiger partial charge in [-0.3, -0.25) is 0 Å². The van der Waals surface area contributed by atoms with Gasteiger partial charge in [-0.1, -0.05) is 0 Å². The van der Waals surface area contributed by atoms with E-state index in [-0.39, 0.29) is 12.2 Å². The largest absolute Gasteiger partial charge is 0.467 e. The molecule has 2 atom stereocenters. The minimum absolute atomic E-state index is 0.0684. The highest BCUT2D eigenvalue weighted by molar-refractivity contribution is 5.56. The molecule has 2 heterocycles. The number of aryl methyl sites for hydroxylation is 1. The molecule has 1 aliphatic rings. The standard InChI is InChI=1S/C11H14N2O3/c1-7-9(5-12-11(13-7)15-2)10-4-3-8(6-14)16-10/h5-6,8,10H,3-4H2,1-2H3. The monoisotopic (exact) mass is 222 g/mol. The van der Waals surface area contributed by atoms with Crippen LogP contribution in [0.2, 0.25) is 0 Å². The lowest BCUT2D eigenvalue weighted by Gasteiger charge is -2.12. The molecule has 2 unspecified atom stereocenters. The number of rotatable bonds is 3. The van der Waals surface area contributed by atoms with Crippen molar-refractivity contribution in [3.05, 3.63) is 17.5 Å². The van der Waals surface area contributed by atoms with Gasteiger partial charge < -0.3 is 14.3 Å². The van der Waals surface area contributed by atoms with E-state index in [0.717, 1.165) is 30.4 Å². The van der Waals surface area contributed by atoms with Crippen LogP contribution in [-0.4, -0.2) is 29.5 Å². The zero-order valence-corrected chi connectivity index (χ0v) is 9.34. The summed E-state index contributed by atoms with van der Waals surface area (Å²) in [5.41, 5.74) is 1.77. The first-order chi connectivity index (χ1) is 7.74. The lowest BCUT2D eigenvalue weighted by Crippen LogP contribution is -2.09. The van der Waals surface area contributed by atoms with Gasteiger partial charge in [-0.25, -0.2) is 9.97 Å². The predicted octanol–water partition coefficient (Wildman–Crippen LogP) is 1.21. The van der Waals surface area contributed by atoms with Crippen molar-refractivity contribution in [1.82, 2.24) is 9.97 Å². The van der Waals surface area contributed by atoms with Crippen molar-refractivity contribution in [3.8, 4) is 6.01 Å². The highest BCUT2D eigenvalue weighted by Crippen LogP contribution is 2.33. The molecule has 0 N–H and O–H groups in total. The van der Waals surface area contributed by atoms with Gasteiger partial charge in [-0.2, -0.15) is 0 Å². The van der Waals surface area contributed by atoms with Crippen molar-refractivity contribution < 1.29 is 14.3 Å². The van der Waals surface area contributed by atoms with E-state index in [2.05, 4.69) is 9.97 Å². The van der Waals surface area contributed by atoms with Crippen LogP contribution in [0.1, 0.15) is 30.2 Å². The Kier molecular flexibility index (Phi) is 3.14. The summed E-state index contributed by atoms with van der Waals surface area (Å²) < 4.78 is 10.5. The molecule has 0 amide bonds. The number of carbonyl (C=O) groups excluding carboxylic acids is 1. The summed E-state index contributed by atoms with van der Waals surface area (Å²) in [4.78, 5) is 18.8. The molecule has 0 aliphatic carbocycles. The normalized spacial score (nSPS) is 24.4. The van der Waals surface area contributed by atoms with Gasteiger partial charge in [0.15, 0.2) is 0 Å². The number of methoxy groups -OCH3 is 1. The Hall–Kier alpha value is -1.49. The zero-order valence-electron chi connectivity index (χ0n) is 9.34. The molecule has 1 aromatic rings. The second kappa shape index (κ2) is 4.57. The molecule has 1 aliphatic heterocycles. The number of aldehydes is 1. The summed E-state index contributed by atoms with van der Waals surface area (Å²) in [5.74, 6) is 0. The molecule has 16 heavy (non-hydrogen) atoms. The Morgan fingerprint density at radius 3 is 2.94 bits per heavy atom. The van der Waals surface area contributed by atoms with Crippen LogP contribution < -0.4 is 4.74 Å². The molecule has 0 bridgehead atoms. The van der Waals surface area contributed by atoms with Crippen LogP contribution in [0.15, 0.2) is 6.20 Å². The van der Waals surface area contributed by atoms with E-state index < -0.39 is 0 Å². The first kappa shape index (κ1) is 11.0. The fourth-order valence-corrected chi connectivity index (χ4v) is 1.86. The molecule has 2 rings (SSSR count). The topological polar surface area (TPSA) is 61.3 Å².